The summed E-state index contributed by atoms with van der Waals surface area (Å²) >= 11 is 0. The van der Waals surface area contributed by atoms with Crippen LogP contribution < -0.4 is 0 Å². The van der Waals surface area contributed by atoms with E-state index in [2.05, 4.69) is 50.0 Å². The number of hydrogen-bond acceptors (Lipinski definition) is 1. The van der Waals surface area contributed by atoms with E-state index in [-0.39, 0.29) is 0 Å². The Bertz CT molecular complexity index is 324. The minimum Gasteiger partial charge on any atom is -0.292 e. The quantitative estimate of drug-likeness (QED) is 0.646. The van der Waals surface area contributed by atoms with Crippen molar-refractivity contribution in [2.45, 2.75) is 27.2 Å². The molecule has 0 unspecified atom stereocenters. The fourth-order valence-corrected chi connectivity index (χ4v) is 1.55. The summed E-state index contributed by atoms with van der Waals surface area (Å²) in [5.74, 6) is 0.661. The molecular weight excluding hydrogens is 170 g/mol. The van der Waals surface area contributed by atoms with E-state index in [0.29, 0.717) is 5.92 Å². The predicted octanol–water partition coefficient (Wildman–Crippen LogP) is 3.46. The lowest BCUT2D eigenvalue weighted by molar-refractivity contribution is 0.683. The third-order valence-electron chi connectivity index (χ3n) is 2.22. The maximum atomic E-state index is 4.36. The van der Waals surface area contributed by atoms with E-state index in [9.17, 15) is 0 Å². The summed E-state index contributed by atoms with van der Waals surface area (Å²) in [6, 6.07) is 8.55. The van der Waals surface area contributed by atoms with Crippen LogP contribution in [0.4, 0.5) is 0 Å². The highest BCUT2D eigenvalue weighted by atomic mass is 14.7. The summed E-state index contributed by atoms with van der Waals surface area (Å²) in [6.07, 6.45) is 1.06. The maximum Gasteiger partial charge on any atom is 0.0419 e. The van der Waals surface area contributed by atoms with Crippen LogP contribution in [0.15, 0.2) is 29.3 Å². The smallest absolute Gasteiger partial charge is 0.0419 e. The van der Waals surface area contributed by atoms with Gasteiger partial charge in [0.25, 0.3) is 0 Å². The molecule has 0 atom stereocenters. The number of aryl methyl sites for hydroxylation is 1. The first-order valence-corrected chi connectivity index (χ1v) is 5.16. The maximum absolute atomic E-state index is 4.36. The van der Waals surface area contributed by atoms with Crippen molar-refractivity contribution >= 4 is 5.71 Å². The van der Waals surface area contributed by atoms with Gasteiger partial charge >= 0.3 is 0 Å². The zero-order valence-corrected chi connectivity index (χ0v) is 9.54. The van der Waals surface area contributed by atoms with E-state index in [4.69, 9.17) is 0 Å². The molecule has 1 heteroatoms. The first kappa shape index (κ1) is 11.0. The Morgan fingerprint density at radius 1 is 1.36 bits per heavy atom. The van der Waals surface area contributed by atoms with Crippen LogP contribution in [0.3, 0.4) is 0 Å². The summed E-state index contributed by atoms with van der Waals surface area (Å²) in [5, 5.41) is 0. The molecule has 0 spiro atoms. The molecule has 1 aromatic carbocycles. The SMILES string of the molecule is CN=C(CC(C)C)c1cccc(C)c1. The fourth-order valence-electron chi connectivity index (χ4n) is 1.55. The lowest BCUT2D eigenvalue weighted by Crippen LogP contribution is -2.05. The van der Waals surface area contributed by atoms with Gasteiger partial charge in [-0.05, 0) is 24.8 Å². The van der Waals surface area contributed by atoms with Gasteiger partial charge in [0.1, 0.15) is 0 Å². The first-order chi connectivity index (χ1) is 6.63. The number of benzene rings is 1. The molecule has 14 heavy (non-hydrogen) atoms. The molecular formula is C13H19N. The standard InChI is InChI=1S/C13H19N/c1-10(2)8-13(14-4)12-7-5-6-11(3)9-12/h5-7,9-10H,8H2,1-4H3. The second kappa shape index (κ2) is 4.94. The van der Waals surface area contributed by atoms with E-state index < -0.39 is 0 Å². The van der Waals surface area contributed by atoms with Crippen LogP contribution in [0, 0.1) is 12.8 Å². The van der Waals surface area contributed by atoms with Gasteiger partial charge in [-0.2, -0.15) is 0 Å². The normalized spacial score (nSPS) is 12.2. The van der Waals surface area contributed by atoms with Gasteiger partial charge in [0, 0.05) is 12.8 Å². The average Bonchev–Trinajstić information content (AvgIpc) is 2.14. The Hall–Kier alpha value is -1.11. The largest absolute Gasteiger partial charge is 0.292 e. The molecule has 0 amide bonds. The lowest BCUT2D eigenvalue weighted by atomic mass is 9.99. The summed E-state index contributed by atoms with van der Waals surface area (Å²) in [5.41, 5.74) is 3.78. The van der Waals surface area contributed by atoms with Gasteiger partial charge in [0.2, 0.25) is 0 Å². The molecule has 0 aromatic heterocycles. The Labute approximate surface area is 86.9 Å². The number of hydrogen-bond donors (Lipinski definition) is 0. The number of rotatable bonds is 3. The van der Waals surface area contributed by atoms with E-state index in [1.807, 2.05) is 7.05 Å². The van der Waals surface area contributed by atoms with Gasteiger partial charge in [-0.25, -0.2) is 0 Å². The predicted molar refractivity (Wildman–Crippen MR) is 63.1 cm³/mol. The van der Waals surface area contributed by atoms with Crippen molar-refractivity contribution in [1.29, 1.82) is 0 Å². The molecule has 0 aliphatic carbocycles. The third kappa shape index (κ3) is 2.99. The van der Waals surface area contributed by atoms with Crippen LogP contribution in [-0.4, -0.2) is 12.8 Å². The highest BCUT2D eigenvalue weighted by molar-refractivity contribution is 6.00. The van der Waals surface area contributed by atoms with Gasteiger partial charge in [0.05, 0.1) is 0 Å². The van der Waals surface area contributed by atoms with E-state index in [1.165, 1.54) is 16.8 Å². The average molecular weight is 189 g/mol. The second-order valence-electron chi connectivity index (χ2n) is 4.14. The van der Waals surface area contributed by atoms with Crippen molar-refractivity contribution in [2.24, 2.45) is 10.9 Å². The summed E-state index contributed by atoms with van der Waals surface area (Å²) in [4.78, 5) is 4.36. The Balaban J connectivity index is 2.90. The molecule has 1 rings (SSSR count). The highest BCUT2D eigenvalue weighted by Crippen LogP contribution is 2.11. The topological polar surface area (TPSA) is 12.4 Å². The van der Waals surface area contributed by atoms with Crippen LogP contribution >= 0.6 is 0 Å². The molecule has 76 valence electrons. The van der Waals surface area contributed by atoms with Gasteiger partial charge in [-0.3, -0.25) is 4.99 Å². The van der Waals surface area contributed by atoms with Gasteiger partial charge < -0.3 is 0 Å². The van der Waals surface area contributed by atoms with E-state index >= 15 is 0 Å². The van der Waals surface area contributed by atoms with Crippen LogP contribution in [0.5, 0.6) is 0 Å². The fraction of sp³-hybridized carbons (Fsp3) is 0.462. The van der Waals surface area contributed by atoms with Crippen molar-refractivity contribution in [3.63, 3.8) is 0 Å². The lowest BCUT2D eigenvalue weighted by Gasteiger charge is -2.09. The molecule has 0 saturated carbocycles. The molecule has 0 N–H and O–H groups in total. The Morgan fingerprint density at radius 2 is 2.07 bits per heavy atom. The second-order valence-corrected chi connectivity index (χ2v) is 4.14. The Kier molecular flexibility index (Phi) is 3.87. The molecule has 0 aliphatic heterocycles. The monoisotopic (exact) mass is 189 g/mol. The van der Waals surface area contributed by atoms with Gasteiger partial charge in [-0.15, -0.1) is 0 Å². The first-order valence-electron chi connectivity index (χ1n) is 5.16. The third-order valence-corrected chi connectivity index (χ3v) is 2.22. The summed E-state index contributed by atoms with van der Waals surface area (Å²) in [6.45, 7) is 6.56. The minimum absolute atomic E-state index is 0.661. The molecule has 0 heterocycles. The van der Waals surface area contributed by atoms with Crippen LogP contribution in [0.25, 0.3) is 0 Å². The van der Waals surface area contributed by atoms with Crippen molar-refractivity contribution in [3.05, 3.63) is 35.4 Å². The van der Waals surface area contributed by atoms with E-state index in [1.54, 1.807) is 0 Å². The zero-order valence-electron chi connectivity index (χ0n) is 9.54. The van der Waals surface area contributed by atoms with Crippen LogP contribution in [0.1, 0.15) is 31.4 Å². The van der Waals surface area contributed by atoms with Crippen molar-refractivity contribution in [3.8, 4) is 0 Å². The number of nitrogens with zero attached hydrogens (tertiary/aromatic N) is 1. The van der Waals surface area contributed by atoms with Gasteiger partial charge in [-0.1, -0.05) is 43.7 Å². The van der Waals surface area contributed by atoms with E-state index in [0.717, 1.165) is 6.42 Å². The Morgan fingerprint density at radius 3 is 2.57 bits per heavy atom. The van der Waals surface area contributed by atoms with Crippen molar-refractivity contribution in [1.82, 2.24) is 0 Å². The molecule has 0 saturated heterocycles. The van der Waals surface area contributed by atoms with Crippen molar-refractivity contribution < 1.29 is 0 Å². The van der Waals surface area contributed by atoms with Crippen molar-refractivity contribution in [2.75, 3.05) is 7.05 Å². The number of aliphatic imine (C=N–C) groups is 1. The van der Waals surface area contributed by atoms with Crippen LogP contribution in [0.2, 0.25) is 0 Å². The summed E-state index contributed by atoms with van der Waals surface area (Å²) in [7, 11) is 1.88. The minimum atomic E-state index is 0.661. The molecule has 0 fully saturated rings. The molecule has 0 aliphatic rings. The van der Waals surface area contributed by atoms with Gasteiger partial charge in [0.15, 0.2) is 0 Å². The van der Waals surface area contributed by atoms with Crippen LogP contribution in [-0.2, 0) is 0 Å². The molecule has 0 bridgehead atoms. The highest BCUT2D eigenvalue weighted by Gasteiger charge is 2.04. The molecule has 0 radical (unpaired) electrons. The molecule has 1 aromatic rings. The molecule has 1 nitrogen and oxygen atoms in total. The zero-order chi connectivity index (χ0) is 10.6. The summed E-state index contributed by atoms with van der Waals surface area (Å²) < 4.78 is 0.